The van der Waals surface area contributed by atoms with Gasteiger partial charge in [-0.1, -0.05) is 13.3 Å². The number of ether oxygens (including phenoxy) is 1. The lowest BCUT2D eigenvalue weighted by atomic mass is 9.89. The highest BCUT2D eigenvalue weighted by Crippen LogP contribution is 2.18. The minimum absolute atomic E-state index is 0.138. The summed E-state index contributed by atoms with van der Waals surface area (Å²) in [7, 11) is 0. The van der Waals surface area contributed by atoms with Gasteiger partial charge in [-0.25, -0.2) is 0 Å². The zero-order chi connectivity index (χ0) is 11.1. The molecular weight excluding hydrogens is 194 g/mol. The molecule has 0 saturated heterocycles. The Morgan fingerprint density at radius 1 is 1.47 bits per heavy atom. The van der Waals surface area contributed by atoms with Crippen LogP contribution in [0.1, 0.15) is 32.6 Å². The lowest BCUT2D eigenvalue weighted by Gasteiger charge is -2.32. The average Bonchev–Trinajstić information content (AvgIpc) is 2.18. The summed E-state index contributed by atoms with van der Waals surface area (Å²) in [6.45, 7) is 3.81. The molecule has 0 aromatic heterocycles. The van der Waals surface area contributed by atoms with Crippen LogP contribution in [-0.2, 0) is 4.74 Å². The van der Waals surface area contributed by atoms with Crippen LogP contribution in [-0.4, -0.2) is 48.2 Å². The van der Waals surface area contributed by atoms with E-state index in [1.54, 1.807) is 0 Å². The maximum Gasteiger partial charge on any atom is 0.0897 e. The zero-order valence-corrected chi connectivity index (χ0v) is 9.48. The summed E-state index contributed by atoms with van der Waals surface area (Å²) in [5.41, 5.74) is 0. The maximum atomic E-state index is 9.53. The van der Waals surface area contributed by atoms with E-state index in [1.165, 1.54) is 0 Å². The molecule has 0 heterocycles. The molecule has 1 rings (SSSR count). The first-order valence-corrected chi connectivity index (χ1v) is 5.89. The standard InChI is InChI=1S/C11H23NO3/c1-2-3-4-15-8-11(14)7-12-9-5-10(13)6-9/h9-14H,2-8H2,1H3. The number of unbranched alkanes of at least 4 members (excludes halogenated alkanes) is 1. The van der Waals surface area contributed by atoms with Gasteiger partial charge in [-0.2, -0.15) is 0 Å². The van der Waals surface area contributed by atoms with Crippen molar-refractivity contribution in [2.45, 2.75) is 50.9 Å². The van der Waals surface area contributed by atoms with Crippen LogP contribution in [0, 0.1) is 0 Å². The molecule has 1 atom stereocenters. The van der Waals surface area contributed by atoms with Crippen LogP contribution >= 0.6 is 0 Å². The van der Waals surface area contributed by atoms with E-state index in [1.807, 2.05) is 0 Å². The third kappa shape index (κ3) is 5.47. The van der Waals surface area contributed by atoms with E-state index in [0.29, 0.717) is 19.2 Å². The predicted octanol–water partition coefficient (Wildman–Crippen LogP) is 0.277. The fourth-order valence-corrected chi connectivity index (χ4v) is 1.58. The third-order valence-electron chi connectivity index (χ3n) is 2.71. The van der Waals surface area contributed by atoms with Crippen LogP contribution in [0.2, 0.25) is 0 Å². The van der Waals surface area contributed by atoms with E-state index in [4.69, 9.17) is 9.84 Å². The molecule has 0 spiro atoms. The Balaban J connectivity index is 1.87. The van der Waals surface area contributed by atoms with Crippen molar-refractivity contribution in [3.05, 3.63) is 0 Å². The lowest BCUT2D eigenvalue weighted by molar-refractivity contribution is 0.0223. The van der Waals surface area contributed by atoms with E-state index in [2.05, 4.69) is 12.2 Å². The summed E-state index contributed by atoms with van der Waals surface area (Å²) >= 11 is 0. The van der Waals surface area contributed by atoms with Crippen molar-refractivity contribution in [3.8, 4) is 0 Å². The second-order valence-corrected chi connectivity index (χ2v) is 4.31. The molecule has 4 nitrogen and oxygen atoms in total. The van der Waals surface area contributed by atoms with Crippen molar-refractivity contribution in [1.82, 2.24) is 5.32 Å². The van der Waals surface area contributed by atoms with Crippen molar-refractivity contribution in [2.24, 2.45) is 0 Å². The highest BCUT2D eigenvalue weighted by Gasteiger charge is 2.26. The zero-order valence-electron chi connectivity index (χ0n) is 9.48. The van der Waals surface area contributed by atoms with Crippen LogP contribution in [0.25, 0.3) is 0 Å². The van der Waals surface area contributed by atoms with Gasteiger partial charge in [0.15, 0.2) is 0 Å². The maximum absolute atomic E-state index is 9.53. The number of rotatable bonds is 8. The van der Waals surface area contributed by atoms with Crippen molar-refractivity contribution < 1.29 is 14.9 Å². The van der Waals surface area contributed by atoms with Gasteiger partial charge in [0.05, 0.1) is 18.8 Å². The van der Waals surface area contributed by atoms with E-state index in [0.717, 1.165) is 32.3 Å². The first kappa shape index (κ1) is 12.9. The molecule has 3 N–H and O–H groups in total. The molecule has 1 aliphatic carbocycles. The molecule has 1 saturated carbocycles. The van der Waals surface area contributed by atoms with Gasteiger partial charge < -0.3 is 20.3 Å². The molecule has 4 heteroatoms. The normalized spacial score (nSPS) is 27.4. The molecule has 1 unspecified atom stereocenters. The molecule has 0 aliphatic heterocycles. The van der Waals surface area contributed by atoms with Gasteiger partial charge in [0, 0.05) is 19.2 Å². The van der Waals surface area contributed by atoms with E-state index >= 15 is 0 Å². The monoisotopic (exact) mass is 217 g/mol. The number of aliphatic hydroxyl groups excluding tert-OH is 2. The Labute approximate surface area is 91.6 Å². The summed E-state index contributed by atoms with van der Waals surface area (Å²) < 4.78 is 5.30. The molecule has 0 aromatic carbocycles. The molecule has 1 fully saturated rings. The lowest BCUT2D eigenvalue weighted by Crippen LogP contribution is -2.47. The Morgan fingerprint density at radius 2 is 2.20 bits per heavy atom. The highest BCUT2D eigenvalue weighted by atomic mass is 16.5. The molecule has 1 aliphatic rings. The first-order chi connectivity index (χ1) is 7.22. The quantitative estimate of drug-likeness (QED) is 0.511. The molecule has 0 amide bonds. The molecule has 90 valence electrons. The first-order valence-electron chi connectivity index (χ1n) is 5.89. The summed E-state index contributed by atoms with van der Waals surface area (Å²) in [5.74, 6) is 0. The van der Waals surface area contributed by atoms with Gasteiger partial charge in [0.25, 0.3) is 0 Å². The molecule has 0 radical (unpaired) electrons. The second kappa shape index (κ2) is 7.17. The van der Waals surface area contributed by atoms with E-state index < -0.39 is 6.10 Å². The summed E-state index contributed by atoms with van der Waals surface area (Å²) in [5, 5.41) is 21.8. The van der Waals surface area contributed by atoms with Gasteiger partial charge in [0.2, 0.25) is 0 Å². The Bertz CT molecular complexity index is 160. The van der Waals surface area contributed by atoms with Crippen molar-refractivity contribution in [3.63, 3.8) is 0 Å². The Hall–Kier alpha value is -0.160. The SMILES string of the molecule is CCCCOCC(O)CNC1CC(O)C1. The van der Waals surface area contributed by atoms with Gasteiger partial charge in [0.1, 0.15) is 0 Å². The van der Waals surface area contributed by atoms with Crippen LogP contribution in [0.3, 0.4) is 0 Å². The van der Waals surface area contributed by atoms with Gasteiger partial charge in [-0.3, -0.25) is 0 Å². The van der Waals surface area contributed by atoms with Crippen molar-refractivity contribution >= 4 is 0 Å². The number of hydrogen-bond acceptors (Lipinski definition) is 4. The minimum atomic E-state index is -0.431. The third-order valence-corrected chi connectivity index (χ3v) is 2.71. The molecule has 15 heavy (non-hydrogen) atoms. The van der Waals surface area contributed by atoms with Crippen LogP contribution in [0.15, 0.2) is 0 Å². The highest BCUT2D eigenvalue weighted by molar-refractivity contribution is 4.84. The van der Waals surface area contributed by atoms with Crippen LogP contribution in [0.5, 0.6) is 0 Å². The summed E-state index contributed by atoms with van der Waals surface area (Å²) in [6.07, 6.45) is 3.22. The summed E-state index contributed by atoms with van der Waals surface area (Å²) in [6, 6.07) is 0.380. The van der Waals surface area contributed by atoms with E-state index in [-0.39, 0.29) is 6.10 Å². The van der Waals surface area contributed by atoms with Crippen molar-refractivity contribution in [2.75, 3.05) is 19.8 Å². The second-order valence-electron chi connectivity index (χ2n) is 4.31. The number of hydrogen-bond donors (Lipinski definition) is 3. The van der Waals surface area contributed by atoms with Gasteiger partial charge >= 0.3 is 0 Å². The molecule has 0 bridgehead atoms. The Morgan fingerprint density at radius 3 is 2.80 bits per heavy atom. The minimum Gasteiger partial charge on any atom is -0.393 e. The van der Waals surface area contributed by atoms with Crippen LogP contribution in [0.4, 0.5) is 0 Å². The fraction of sp³-hybridized carbons (Fsp3) is 1.00. The Kier molecular flexibility index (Phi) is 6.17. The van der Waals surface area contributed by atoms with Gasteiger partial charge in [-0.05, 0) is 19.3 Å². The fourth-order valence-electron chi connectivity index (χ4n) is 1.58. The van der Waals surface area contributed by atoms with Gasteiger partial charge in [-0.15, -0.1) is 0 Å². The number of nitrogens with one attached hydrogen (secondary N) is 1. The topological polar surface area (TPSA) is 61.7 Å². The molecule has 0 aromatic rings. The van der Waals surface area contributed by atoms with E-state index in [9.17, 15) is 5.11 Å². The van der Waals surface area contributed by atoms with Crippen molar-refractivity contribution in [1.29, 1.82) is 0 Å². The summed E-state index contributed by atoms with van der Waals surface area (Å²) in [4.78, 5) is 0. The smallest absolute Gasteiger partial charge is 0.0897 e. The predicted molar refractivity (Wildman–Crippen MR) is 58.8 cm³/mol. The van der Waals surface area contributed by atoms with Crippen LogP contribution < -0.4 is 5.32 Å². The average molecular weight is 217 g/mol. The largest absolute Gasteiger partial charge is 0.393 e. The number of aliphatic hydroxyl groups is 2. The molecular formula is C11H23NO3.